The molecule has 2 heterocycles. The lowest BCUT2D eigenvalue weighted by Gasteiger charge is -2.26. The van der Waals surface area contributed by atoms with Crippen LogP contribution >= 0.6 is 0 Å². The molecule has 1 aliphatic heterocycles. The highest BCUT2D eigenvalue weighted by atomic mass is 16.5. The lowest BCUT2D eigenvalue weighted by molar-refractivity contribution is 0.0369. The molecule has 0 aliphatic carbocycles. The summed E-state index contributed by atoms with van der Waals surface area (Å²) in [5, 5.41) is 0. The van der Waals surface area contributed by atoms with Crippen LogP contribution in [0.25, 0.3) is 11.0 Å². The first-order valence-electron chi connectivity index (χ1n) is 7.29. The van der Waals surface area contributed by atoms with Crippen molar-refractivity contribution in [2.45, 2.75) is 13.0 Å². The number of nitrogens with two attached hydrogens (primary N) is 1. The summed E-state index contributed by atoms with van der Waals surface area (Å²) >= 11 is 0. The van der Waals surface area contributed by atoms with Crippen molar-refractivity contribution >= 4 is 16.9 Å². The van der Waals surface area contributed by atoms with Crippen LogP contribution in [0.2, 0.25) is 0 Å². The van der Waals surface area contributed by atoms with E-state index >= 15 is 0 Å². The Morgan fingerprint density at radius 2 is 2.10 bits per heavy atom. The Labute approximate surface area is 123 Å². The van der Waals surface area contributed by atoms with Crippen molar-refractivity contribution < 1.29 is 9.53 Å². The van der Waals surface area contributed by atoms with Crippen LogP contribution in [0.1, 0.15) is 16.8 Å². The predicted molar refractivity (Wildman–Crippen MR) is 80.1 cm³/mol. The average molecular weight is 288 g/mol. The third-order valence-corrected chi connectivity index (χ3v) is 3.88. The van der Waals surface area contributed by atoms with E-state index in [-0.39, 0.29) is 0 Å². The molecule has 1 aliphatic rings. The van der Waals surface area contributed by atoms with E-state index in [9.17, 15) is 4.79 Å². The van der Waals surface area contributed by atoms with Gasteiger partial charge in [0.2, 0.25) is 5.91 Å². The van der Waals surface area contributed by atoms with Crippen molar-refractivity contribution in [3.05, 3.63) is 30.1 Å². The monoisotopic (exact) mass is 288 g/mol. The van der Waals surface area contributed by atoms with Crippen LogP contribution in [-0.2, 0) is 11.3 Å². The van der Waals surface area contributed by atoms with Gasteiger partial charge in [0.05, 0.1) is 30.6 Å². The van der Waals surface area contributed by atoms with Crippen molar-refractivity contribution in [2.24, 2.45) is 5.73 Å². The van der Waals surface area contributed by atoms with E-state index in [1.54, 1.807) is 12.1 Å². The van der Waals surface area contributed by atoms with E-state index in [1.807, 2.05) is 12.4 Å². The molecular formula is C15H20N4O2. The summed E-state index contributed by atoms with van der Waals surface area (Å²) in [7, 11) is 0. The van der Waals surface area contributed by atoms with Gasteiger partial charge in [-0.2, -0.15) is 0 Å². The third-order valence-electron chi connectivity index (χ3n) is 3.88. The molecule has 6 heteroatoms. The van der Waals surface area contributed by atoms with Crippen LogP contribution in [0.5, 0.6) is 0 Å². The maximum Gasteiger partial charge on any atom is 0.248 e. The second-order valence-electron chi connectivity index (χ2n) is 5.31. The Hall–Kier alpha value is -1.92. The zero-order valence-electron chi connectivity index (χ0n) is 12.0. The number of imidazole rings is 1. The summed E-state index contributed by atoms with van der Waals surface area (Å²) in [6.45, 7) is 5.71. The number of amides is 1. The normalized spacial score (nSPS) is 16.4. The molecule has 0 unspecified atom stereocenters. The van der Waals surface area contributed by atoms with Gasteiger partial charge in [0, 0.05) is 31.7 Å². The maximum absolute atomic E-state index is 11.2. The highest BCUT2D eigenvalue weighted by Gasteiger charge is 2.10. The largest absolute Gasteiger partial charge is 0.379 e. The molecule has 2 aromatic rings. The Bertz CT molecular complexity index is 632. The van der Waals surface area contributed by atoms with Gasteiger partial charge in [0.1, 0.15) is 0 Å². The third kappa shape index (κ3) is 3.22. The van der Waals surface area contributed by atoms with Gasteiger partial charge in [-0.15, -0.1) is 0 Å². The molecule has 0 bridgehead atoms. The van der Waals surface area contributed by atoms with Gasteiger partial charge < -0.3 is 15.0 Å². The quantitative estimate of drug-likeness (QED) is 0.885. The Morgan fingerprint density at radius 3 is 2.86 bits per heavy atom. The van der Waals surface area contributed by atoms with E-state index in [0.29, 0.717) is 5.56 Å². The zero-order chi connectivity index (χ0) is 14.7. The number of aryl methyl sites for hydroxylation is 1. The van der Waals surface area contributed by atoms with Crippen molar-refractivity contribution in [3.63, 3.8) is 0 Å². The van der Waals surface area contributed by atoms with Gasteiger partial charge in [0.15, 0.2) is 0 Å². The van der Waals surface area contributed by atoms with Crippen LogP contribution in [-0.4, -0.2) is 53.2 Å². The second kappa shape index (κ2) is 6.24. The fourth-order valence-corrected chi connectivity index (χ4v) is 2.68. The summed E-state index contributed by atoms with van der Waals surface area (Å²) in [5.74, 6) is -0.418. The fraction of sp³-hybridized carbons (Fsp3) is 0.467. The molecule has 1 aromatic carbocycles. The van der Waals surface area contributed by atoms with Gasteiger partial charge in [-0.1, -0.05) is 0 Å². The van der Waals surface area contributed by atoms with Gasteiger partial charge in [-0.05, 0) is 24.6 Å². The van der Waals surface area contributed by atoms with Crippen LogP contribution in [0.3, 0.4) is 0 Å². The standard InChI is InChI=1S/C15H20N4O2/c16-15(20)12-2-3-14-13(10-12)17-11-19(14)5-1-4-18-6-8-21-9-7-18/h2-3,10-11H,1,4-9H2,(H2,16,20). The first-order chi connectivity index (χ1) is 10.2. The Morgan fingerprint density at radius 1 is 1.29 bits per heavy atom. The van der Waals surface area contributed by atoms with E-state index in [1.165, 1.54) is 0 Å². The minimum atomic E-state index is -0.418. The number of fused-ring (bicyclic) bond motifs is 1. The zero-order valence-corrected chi connectivity index (χ0v) is 12.0. The number of carbonyl (C=O) groups excluding carboxylic acids is 1. The van der Waals surface area contributed by atoms with Gasteiger partial charge in [0.25, 0.3) is 0 Å². The van der Waals surface area contributed by atoms with E-state index in [4.69, 9.17) is 10.5 Å². The SMILES string of the molecule is NC(=O)c1ccc2c(c1)ncn2CCCN1CCOCC1. The molecule has 112 valence electrons. The first kappa shape index (κ1) is 14.0. The minimum absolute atomic E-state index is 0.418. The van der Waals surface area contributed by atoms with Crippen molar-refractivity contribution in [2.75, 3.05) is 32.8 Å². The lowest BCUT2D eigenvalue weighted by Crippen LogP contribution is -2.37. The van der Waals surface area contributed by atoms with Crippen LogP contribution in [0, 0.1) is 0 Å². The topological polar surface area (TPSA) is 73.4 Å². The molecule has 0 radical (unpaired) electrons. The summed E-state index contributed by atoms with van der Waals surface area (Å²) in [4.78, 5) is 17.9. The molecule has 1 aromatic heterocycles. The minimum Gasteiger partial charge on any atom is -0.379 e. The average Bonchev–Trinajstić information content (AvgIpc) is 2.91. The molecular weight excluding hydrogens is 268 g/mol. The highest BCUT2D eigenvalue weighted by molar-refractivity contribution is 5.96. The van der Waals surface area contributed by atoms with Crippen LogP contribution < -0.4 is 5.73 Å². The summed E-state index contributed by atoms with van der Waals surface area (Å²) in [6.07, 6.45) is 2.90. The molecule has 1 saturated heterocycles. The number of hydrogen-bond donors (Lipinski definition) is 1. The molecule has 2 N–H and O–H groups in total. The number of rotatable bonds is 5. The summed E-state index contributed by atoms with van der Waals surface area (Å²) in [5.41, 5.74) is 7.65. The number of morpholine rings is 1. The number of hydrogen-bond acceptors (Lipinski definition) is 4. The molecule has 1 amide bonds. The first-order valence-corrected chi connectivity index (χ1v) is 7.29. The highest BCUT2D eigenvalue weighted by Crippen LogP contribution is 2.15. The van der Waals surface area contributed by atoms with E-state index in [0.717, 1.165) is 56.8 Å². The number of carbonyl (C=O) groups is 1. The molecule has 0 atom stereocenters. The molecule has 1 fully saturated rings. The number of ether oxygens (including phenoxy) is 1. The number of primary amides is 1. The predicted octanol–water partition coefficient (Wildman–Crippen LogP) is 0.857. The van der Waals surface area contributed by atoms with E-state index < -0.39 is 5.91 Å². The summed E-state index contributed by atoms with van der Waals surface area (Å²) in [6, 6.07) is 5.41. The van der Waals surface area contributed by atoms with Crippen molar-refractivity contribution in [1.82, 2.24) is 14.5 Å². The van der Waals surface area contributed by atoms with Gasteiger partial charge in [-0.25, -0.2) is 4.98 Å². The smallest absolute Gasteiger partial charge is 0.248 e. The molecule has 0 saturated carbocycles. The van der Waals surface area contributed by atoms with E-state index in [2.05, 4.69) is 14.5 Å². The number of benzene rings is 1. The number of nitrogens with zero attached hydrogens (tertiary/aromatic N) is 3. The van der Waals surface area contributed by atoms with Crippen molar-refractivity contribution in [3.8, 4) is 0 Å². The lowest BCUT2D eigenvalue weighted by atomic mass is 10.2. The summed E-state index contributed by atoms with van der Waals surface area (Å²) < 4.78 is 7.47. The second-order valence-corrected chi connectivity index (χ2v) is 5.31. The van der Waals surface area contributed by atoms with Gasteiger partial charge >= 0.3 is 0 Å². The molecule has 0 spiro atoms. The van der Waals surface area contributed by atoms with Crippen LogP contribution in [0.4, 0.5) is 0 Å². The Balaban J connectivity index is 1.63. The fourth-order valence-electron chi connectivity index (χ4n) is 2.68. The van der Waals surface area contributed by atoms with Crippen molar-refractivity contribution in [1.29, 1.82) is 0 Å². The molecule has 3 rings (SSSR count). The molecule has 6 nitrogen and oxygen atoms in total. The maximum atomic E-state index is 11.2. The van der Waals surface area contributed by atoms with Crippen LogP contribution in [0.15, 0.2) is 24.5 Å². The number of aromatic nitrogens is 2. The Kier molecular flexibility index (Phi) is 4.17. The van der Waals surface area contributed by atoms with Gasteiger partial charge in [-0.3, -0.25) is 9.69 Å². The molecule has 21 heavy (non-hydrogen) atoms.